The second-order valence-corrected chi connectivity index (χ2v) is 6.31. The SMILES string of the molecule is COC1CCCCC1C1=CCC(C)(C)CC1. The molecule has 2 atom stereocenters. The smallest absolute Gasteiger partial charge is 0.0636 e. The fourth-order valence-electron chi connectivity index (χ4n) is 3.23. The van der Waals surface area contributed by atoms with Crippen molar-refractivity contribution in [2.75, 3.05) is 7.11 Å². The molecule has 2 aliphatic carbocycles. The Morgan fingerprint density at radius 3 is 2.62 bits per heavy atom. The van der Waals surface area contributed by atoms with Crippen LogP contribution in [0.15, 0.2) is 11.6 Å². The lowest BCUT2D eigenvalue weighted by atomic mass is 9.72. The minimum Gasteiger partial charge on any atom is -0.381 e. The summed E-state index contributed by atoms with van der Waals surface area (Å²) in [5, 5.41) is 0. The first-order valence-electron chi connectivity index (χ1n) is 6.84. The second kappa shape index (κ2) is 4.91. The van der Waals surface area contributed by atoms with E-state index < -0.39 is 0 Å². The first-order chi connectivity index (χ1) is 7.62. The first-order valence-corrected chi connectivity index (χ1v) is 6.84. The highest BCUT2D eigenvalue weighted by atomic mass is 16.5. The number of rotatable bonds is 2. The minimum atomic E-state index is 0.501. The van der Waals surface area contributed by atoms with Gasteiger partial charge >= 0.3 is 0 Å². The first kappa shape index (κ1) is 12.2. The highest BCUT2D eigenvalue weighted by Gasteiger charge is 2.31. The molecule has 0 N–H and O–H groups in total. The van der Waals surface area contributed by atoms with Crippen molar-refractivity contribution in [2.45, 2.75) is 64.9 Å². The van der Waals surface area contributed by atoms with Crippen LogP contribution in [0.2, 0.25) is 0 Å². The van der Waals surface area contributed by atoms with Gasteiger partial charge in [0.2, 0.25) is 0 Å². The number of allylic oxidation sites excluding steroid dienone is 1. The Labute approximate surface area is 100 Å². The summed E-state index contributed by atoms with van der Waals surface area (Å²) in [5.41, 5.74) is 2.23. The Bertz CT molecular complexity index is 265. The van der Waals surface area contributed by atoms with Crippen LogP contribution in [0, 0.1) is 11.3 Å². The minimum absolute atomic E-state index is 0.501. The van der Waals surface area contributed by atoms with E-state index in [0.717, 1.165) is 5.92 Å². The molecule has 2 rings (SSSR count). The van der Waals surface area contributed by atoms with Gasteiger partial charge in [-0.3, -0.25) is 0 Å². The highest BCUT2D eigenvalue weighted by molar-refractivity contribution is 5.14. The van der Waals surface area contributed by atoms with Gasteiger partial charge in [-0.1, -0.05) is 38.3 Å². The van der Waals surface area contributed by atoms with Gasteiger partial charge in [-0.05, 0) is 37.5 Å². The maximum absolute atomic E-state index is 5.67. The number of methoxy groups -OCH3 is 1. The largest absolute Gasteiger partial charge is 0.381 e. The van der Waals surface area contributed by atoms with Crippen LogP contribution in [0.3, 0.4) is 0 Å². The van der Waals surface area contributed by atoms with Gasteiger partial charge in [-0.15, -0.1) is 0 Å². The Balaban J connectivity index is 2.03. The van der Waals surface area contributed by atoms with E-state index in [9.17, 15) is 0 Å². The average Bonchev–Trinajstić information content (AvgIpc) is 2.29. The summed E-state index contributed by atoms with van der Waals surface area (Å²) in [7, 11) is 1.89. The van der Waals surface area contributed by atoms with Crippen LogP contribution in [0.25, 0.3) is 0 Å². The third kappa shape index (κ3) is 2.68. The quantitative estimate of drug-likeness (QED) is 0.632. The normalized spacial score (nSPS) is 34.6. The monoisotopic (exact) mass is 222 g/mol. The van der Waals surface area contributed by atoms with Gasteiger partial charge in [0.1, 0.15) is 0 Å². The van der Waals surface area contributed by atoms with Crippen molar-refractivity contribution in [1.29, 1.82) is 0 Å². The van der Waals surface area contributed by atoms with E-state index in [0.29, 0.717) is 11.5 Å². The molecule has 1 fully saturated rings. The van der Waals surface area contributed by atoms with E-state index in [-0.39, 0.29) is 0 Å². The van der Waals surface area contributed by atoms with E-state index in [1.807, 2.05) is 7.11 Å². The molecule has 0 radical (unpaired) electrons. The van der Waals surface area contributed by atoms with Gasteiger partial charge in [0, 0.05) is 13.0 Å². The number of ether oxygens (including phenoxy) is 1. The van der Waals surface area contributed by atoms with Crippen LogP contribution >= 0.6 is 0 Å². The van der Waals surface area contributed by atoms with Crippen molar-refractivity contribution in [3.63, 3.8) is 0 Å². The molecule has 1 saturated carbocycles. The summed E-state index contributed by atoms with van der Waals surface area (Å²) in [6.45, 7) is 4.77. The van der Waals surface area contributed by atoms with E-state index in [1.54, 1.807) is 5.57 Å². The molecule has 0 aromatic heterocycles. The molecule has 2 aliphatic rings. The molecular weight excluding hydrogens is 196 g/mol. The summed E-state index contributed by atoms with van der Waals surface area (Å²) in [6.07, 6.45) is 12.3. The van der Waals surface area contributed by atoms with Crippen molar-refractivity contribution < 1.29 is 4.74 Å². The Morgan fingerprint density at radius 1 is 1.25 bits per heavy atom. The molecule has 0 aromatic rings. The van der Waals surface area contributed by atoms with Crippen LogP contribution in [0.1, 0.15) is 58.8 Å². The molecule has 1 heteroatoms. The van der Waals surface area contributed by atoms with Crippen molar-refractivity contribution in [3.8, 4) is 0 Å². The van der Waals surface area contributed by atoms with Crippen molar-refractivity contribution in [3.05, 3.63) is 11.6 Å². The lowest BCUT2D eigenvalue weighted by Gasteiger charge is -2.37. The lowest BCUT2D eigenvalue weighted by Crippen LogP contribution is -2.30. The topological polar surface area (TPSA) is 9.23 Å². The van der Waals surface area contributed by atoms with Crippen LogP contribution in [-0.4, -0.2) is 13.2 Å². The second-order valence-electron chi connectivity index (χ2n) is 6.31. The lowest BCUT2D eigenvalue weighted by molar-refractivity contribution is 0.0347. The van der Waals surface area contributed by atoms with E-state index in [2.05, 4.69) is 19.9 Å². The Kier molecular flexibility index (Phi) is 3.73. The molecule has 1 nitrogen and oxygen atoms in total. The van der Waals surface area contributed by atoms with Crippen molar-refractivity contribution >= 4 is 0 Å². The molecule has 0 spiro atoms. The van der Waals surface area contributed by atoms with Crippen LogP contribution in [-0.2, 0) is 4.74 Å². The molecule has 92 valence electrons. The molecule has 0 amide bonds. The average molecular weight is 222 g/mol. The molecule has 0 heterocycles. The molecule has 0 aromatic carbocycles. The van der Waals surface area contributed by atoms with Gasteiger partial charge in [0.05, 0.1) is 6.10 Å². The highest BCUT2D eigenvalue weighted by Crippen LogP contribution is 2.41. The Hall–Kier alpha value is -0.300. The van der Waals surface area contributed by atoms with Crippen LogP contribution in [0.4, 0.5) is 0 Å². The van der Waals surface area contributed by atoms with Gasteiger partial charge in [0.15, 0.2) is 0 Å². The fraction of sp³-hybridized carbons (Fsp3) is 0.867. The number of hydrogen-bond acceptors (Lipinski definition) is 1. The van der Waals surface area contributed by atoms with Crippen LogP contribution < -0.4 is 0 Å². The predicted octanol–water partition coefficient (Wildman–Crippen LogP) is 4.33. The Morgan fingerprint density at radius 2 is 2.00 bits per heavy atom. The van der Waals surface area contributed by atoms with Gasteiger partial charge in [-0.2, -0.15) is 0 Å². The summed E-state index contributed by atoms with van der Waals surface area (Å²) < 4.78 is 5.67. The molecular formula is C15H26O. The van der Waals surface area contributed by atoms with Crippen molar-refractivity contribution in [1.82, 2.24) is 0 Å². The number of hydrogen-bond donors (Lipinski definition) is 0. The zero-order valence-corrected chi connectivity index (χ0v) is 11.1. The molecule has 0 aliphatic heterocycles. The predicted molar refractivity (Wildman–Crippen MR) is 68.5 cm³/mol. The fourth-order valence-corrected chi connectivity index (χ4v) is 3.23. The molecule has 0 bridgehead atoms. The summed E-state index contributed by atoms with van der Waals surface area (Å²) in [5.74, 6) is 0.731. The summed E-state index contributed by atoms with van der Waals surface area (Å²) >= 11 is 0. The zero-order chi connectivity index (χ0) is 11.6. The zero-order valence-electron chi connectivity index (χ0n) is 11.1. The van der Waals surface area contributed by atoms with E-state index >= 15 is 0 Å². The maximum atomic E-state index is 5.67. The van der Waals surface area contributed by atoms with Crippen molar-refractivity contribution in [2.24, 2.45) is 11.3 Å². The summed E-state index contributed by atoms with van der Waals surface area (Å²) in [4.78, 5) is 0. The third-order valence-electron chi connectivity index (χ3n) is 4.49. The van der Waals surface area contributed by atoms with Gasteiger partial charge in [0.25, 0.3) is 0 Å². The molecule has 16 heavy (non-hydrogen) atoms. The third-order valence-corrected chi connectivity index (χ3v) is 4.49. The standard InChI is InChI=1S/C15H26O/c1-15(2)10-8-12(9-11-15)13-6-4-5-7-14(13)16-3/h8,13-14H,4-7,9-11H2,1-3H3. The van der Waals surface area contributed by atoms with Gasteiger partial charge < -0.3 is 4.74 Å². The van der Waals surface area contributed by atoms with Gasteiger partial charge in [-0.25, -0.2) is 0 Å². The van der Waals surface area contributed by atoms with Crippen LogP contribution in [0.5, 0.6) is 0 Å². The van der Waals surface area contributed by atoms with E-state index in [1.165, 1.54) is 44.9 Å². The molecule has 0 saturated heterocycles. The molecule has 2 unspecified atom stereocenters. The maximum Gasteiger partial charge on any atom is 0.0636 e. The van der Waals surface area contributed by atoms with E-state index in [4.69, 9.17) is 4.74 Å². The summed E-state index contributed by atoms with van der Waals surface area (Å²) in [6, 6.07) is 0.